The summed E-state index contributed by atoms with van der Waals surface area (Å²) in [6.07, 6.45) is 1.83. The van der Waals surface area contributed by atoms with Crippen LogP contribution in [0.4, 0.5) is 4.39 Å². The second-order valence-corrected chi connectivity index (χ2v) is 4.20. The molecule has 0 aliphatic heterocycles. The monoisotopic (exact) mass is 244 g/mol. The molecule has 0 fully saturated rings. The Balaban J connectivity index is 2.38. The Morgan fingerprint density at radius 2 is 2.11 bits per heavy atom. The number of nitrogens with zero attached hydrogens (tertiary/aromatic N) is 2. The lowest BCUT2D eigenvalue weighted by molar-refractivity contribution is -0.116. The minimum Gasteiger partial charge on any atom is -0.300 e. The van der Waals surface area contributed by atoms with E-state index in [4.69, 9.17) is 0 Å². The van der Waals surface area contributed by atoms with Crippen molar-refractivity contribution in [3.05, 3.63) is 47.7 Å². The van der Waals surface area contributed by atoms with Crippen molar-refractivity contribution in [1.29, 1.82) is 0 Å². The molecule has 1 heterocycles. The average molecular weight is 244 g/mol. The summed E-state index contributed by atoms with van der Waals surface area (Å²) in [6, 6.07) is 6.56. The first-order valence-electron chi connectivity index (χ1n) is 5.64. The van der Waals surface area contributed by atoms with Gasteiger partial charge in [-0.15, -0.1) is 0 Å². The lowest BCUT2D eigenvalue weighted by atomic mass is 10.1. The molecular formula is C14H13FN2O. The number of ketones is 1. The number of aromatic nitrogens is 2. The quantitative estimate of drug-likeness (QED) is 0.833. The Bertz CT molecular complexity index is 596. The molecule has 0 saturated heterocycles. The van der Waals surface area contributed by atoms with Crippen LogP contribution >= 0.6 is 0 Å². The predicted octanol–water partition coefficient (Wildman–Crippen LogP) is 2.72. The van der Waals surface area contributed by atoms with Gasteiger partial charge in [-0.2, -0.15) is 0 Å². The van der Waals surface area contributed by atoms with E-state index in [1.807, 2.05) is 0 Å². The van der Waals surface area contributed by atoms with Gasteiger partial charge in [0.1, 0.15) is 17.4 Å². The summed E-state index contributed by atoms with van der Waals surface area (Å²) in [4.78, 5) is 19.4. The van der Waals surface area contributed by atoms with E-state index in [1.54, 1.807) is 31.3 Å². The number of Topliss-reactive ketones (excluding diaryl/α,β-unsaturated/α-hetero) is 1. The third-order valence-electron chi connectivity index (χ3n) is 2.57. The van der Waals surface area contributed by atoms with Crippen LogP contribution in [-0.4, -0.2) is 15.8 Å². The van der Waals surface area contributed by atoms with E-state index in [1.165, 1.54) is 13.0 Å². The fourth-order valence-corrected chi connectivity index (χ4v) is 1.67. The number of hydrogen-bond acceptors (Lipinski definition) is 3. The van der Waals surface area contributed by atoms with Crippen LogP contribution < -0.4 is 0 Å². The highest BCUT2D eigenvalue weighted by Gasteiger charge is 2.06. The van der Waals surface area contributed by atoms with Crippen molar-refractivity contribution in [3.8, 4) is 11.3 Å². The second kappa shape index (κ2) is 5.04. The van der Waals surface area contributed by atoms with Gasteiger partial charge in [-0.3, -0.25) is 4.79 Å². The van der Waals surface area contributed by atoms with E-state index in [0.717, 1.165) is 5.56 Å². The van der Waals surface area contributed by atoms with E-state index in [2.05, 4.69) is 9.97 Å². The Kier molecular flexibility index (Phi) is 3.46. The molecule has 4 heteroatoms. The standard InChI is InChI=1S/C14H13FN2O/c1-9-7-11(3-4-12(9)15)13-5-6-16-14(17-13)8-10(2)18/h3-7H,8H2,1-2H3. The molecule has 1 aromatic carbocycles. The van der Waals surface area contributed by atoms with Gasteiger partial charge in [-0.25, -0.2) is 14.4 Å². The molecule has 0 aliphatic rings. The Morgan fingerprint density at radius 3 is 2.78 bits per heavy atom. The number of carbonyl (C=O) groups is 1. The molecule has 0 amide bonds. The van der Waals surface area contributed by atoms with Gasteiger partial charge in [0, 0.05) is 11.8 Å². The number of rotatable bonds is 3. The fraction of sp³-hybridized carbons (Fsp3) is 0.214. The normalized spacial score (nSPS) is 10.4. The summed E-state index contributed by atoms with van der Waals surface area (Å²) in [6.45, 7) is 3.20. The highest BCUT2D eigenvalue weighted by molar-refractivity contribution is 5.77. The van der Waals surface area contributed by atoms with Crippen molar-refractivity contribution in [3.63, 3.8) is 0 Å². The predicted molar refractivity (Wildman–Crippen MR) is 66.5 cm³/mol. The second-order valence-electron chi connectivity index (χ2n) is 4.20. The van der Waals surface area contributed by atoms with Gasteiger partial charge >= 0.3 is 0 Å². The number of carbonyl (C=O) groups excluding carboxylic acids is 1. The van der Waals surface area contributed by atoms with Crippen LogP contribution in [0.1, 0.15) is 18.3 Å². The van der Waals surface area contributed by atoms with Gasteiger partial charge < -0.3 is 0 Å². The summed E-state index contributed by atoms with van der Waals surface area (Å²) in [5.74, 6) is 0.265. The SMILES string of the molecule is CC(=O)Cc1nccc(-c2ccc(F)c(C)c2)n1. The van der Waals surface area contributed by atoms with E-state index in [-0.39, 0.29) is 18.0 Å². The topological polar surface area (TPSA) is 42.9 Å². The number of benzene rings is 1. The van der Waals surface area contributed by atoms with Gasteiger partial charge in [0.15, 0.2) is 0 Å². The number of halogens is 1. The van der Waals surface area contributed by atoms with E-state index in [9.17, 15) is 9.18 Å². The zero-order valence-corrected chi connectivity index (χ0v) is 10.3. The molecule has 0 unspecified atom stereocenters. The summed E-state index contributed by atoms with van der Waals surface area (Å²) >= 11 is 0. The summed E-state index contributed by atoms with van der Waals surface area (Å²) in [7, 11) is 0. The molecule has 0 bridgehead atoms. The third kappa shape index (κ3) is 2.77. The lowest BCUT2D eigenvalue weighted by Crippen LogP contribution is -2.02. The summed E-state index contributed by atoms with van der Waals surface area (Å²) in [5.41, 5.74) is 2.09. The van der Waals surface area contributed by atoms with Crippen molar-refractivity contribution >= 4 is 5.78 Å². The van der Waals surface area contributed by atoms with Crippen LogP contribution in [0, 0.1) is 12.7 Å². The van der Waals surface area contributed by atoms with E-state index in [0.29, 0.717) is 17.1 Å². The lowest BCUT2D eigenvalue weighted by Gasteiger charge is -2.04. The Hall–Kier alpha value is -2.10. The van der Waals surface area contributed by atoms with Gasteiger partial charge in [0.25, 0.3) is 0 Å². The Morgan fingerprint density at radius 1 is 1.33 bits per heavy atom. The molecule has 0 N–H and O–H groups in total. The largest absolute Gasteiger partial charge is 0.300 e. The smallest absolute Gasteiger partial charge is 0.137 e. The van der Waals surface area contributed by atoms with Crippen molar-refractivity contribution in [1.82, 2.24) is 9.97 Å². The number of aryl methyl sites for hydroxylation is 1. The molecule has 1 aromatic heterocycles. The molecule has 0 saturated carbocycles. The summed E-state index contributed by atoms with van der Waals surface area (Å²) < 4.78 is 13.2. The van der Waals surface area contributed by atoms with Gasteiger partial charge in [0.2, 0.25) is 0 Å². The highest BCUT2D eigenvalue weighted by atomic mass is 19.1. The van der Waals surface area contributed by atoms with Crippen LogP contribution in [0.5, 0.6) is 0 Å². The maximum Gasteiger partial charge on any atom is 0.137 e. The van der Waals surface area contributed by atoms with Crippen LogP contribution in [0.15, 0.2) is 30.5 Å². The zero-order valence-electron chi connectivity index (χ0n) is 10.3. The summed E-state index contributed by atoms with van der Waals surface area (Å²) in [5, 5.41) is 0. The first-order valence-corrected chi connectivity index (χ1v) is 5.64. The van der Waals surface area contributed by atoms with Crippen molar-refractivity contribution in [2.75, 3.05) is 0 Å². The minimum atomic E-state index is -0.239. The molecule has 92 valence electrons. The maximum atomic E-state index is 13.2. The molecule has 2 rings (SSSR count). The van der Waals surface area contributed by atoms with Gasteiger partial charge in [-0.05, 0) is 43.7 Å². The van der Waals surface area contributed by atoms with E-state index < -0.39 is 0 Å². The first kappa shape index (κ1) is 12.4. The molecule has 0 atom stereocenters. The van der Waals surface area contributed by atoms with Crippen molar-refractivity contribution in [2.24, 2.45) is 0 Å². The maximum absolute atomic E-state index is 13.2. The highest BCUT2D eigenvalue weighted by Crippen LogP contribution is 2.19. The molecule has 0 radical (unpaired) electrons. The third-order valence-corrected chi connectivity index (χ3v) is 2.57. The minimum absolute atomic E-state index is 0.0161. The van der Waals surface area contributed by atoms with Crippen molar-refractivity contribution in [2.45, 2.75) is 20.3 Å². The molecule has 18 heavy (non-hydrogen) atoms. The first-order chi connectivity index (χ1) is 8.56. The molecule has 2 aromatic rings. The van der Waals surface area contributed by atoms with Crippen LogP contribution in [0.3, 0.4) is 0 Å². The average Bonchev–Trinajstić information content (AvgIpc) is 2.32. The van der Waals surface area contributed by atoms with Crippen LogP contribution in [0.2, 0.25) is 0 Å². The van der Waals surface area contributed by atoms with E-state index >= 15 is 0 Å². The molecule has 0 spiro atoms. The van der Waals surface area contributed by atoms with Gasteiger partial charge in [-0.1, -0.05) is 0 Å². The van der Waals surface area contributed by atoms with Crippen LogP contribution in [-0.2, 0) is 11.2 Å². The van der Waals surface area contributed by atoms with Crippen molar-refractivity contribution < 1.29 is 9.18 Å². The van der Waals surface area contributed by atoms with Gasteiger partial charge in [0.05, 0.1) is 12.1 Å². The fourth-order valence-electron chi connectivity index (χ4n) is 1.67. The Labute approximate surface area is 105 Å². The zero-order chi connectivity index (χ0) is 13.1. The molecule has 3 nitrogen and oxygen atoms in total. The molecule has 0 aliphatic carbocycles. The number of hydrogen-bond donors (Lipinski definition) is 0. The molecular weight excluding hydrogens is 231 g/mol. The van der Waals surface area contributed by atoms with Crippen LogP contribution in [0.25, 0.3) is 11.3 Å².